The van der Waals surface area contributed by atoms with Crippen molar-refractivity contribution in [2.75, 3.05) is 32.1 Å². The van der Waals surface area contributed by atoms with Crippen molar-refractivity contribution in [2.45, 2.75) is 24.2 Å². The molecule has 1 saturated heterocycles. The Bertz CT molecular complexity index is 1080. The first-order valence-electron chi connectivity index (χ1n) is 9.74. The Morgan fingerprint density at radius 1 is 1.10 bits per heavy atom. The fourth-order valence-corrected chi connectivity index (χ4v) is 4.49. The zero-order valence-corrected chi connectivity index (χ0v) is 17.4. The van der Waals surface area contributed by atoms with E-state index in [-0.39, 0.29) is 17.2 Å². The third-order valence-corrected chi connectivity index (χ3v) is 6.29. The van der Waals surface area contributed by atoms with Gasteiger partial charge in [0.2, 0.25) is 5.91 Å². The standard InChI is InChI=1S/C21H23N3O5S/c1-24-10-2-3-20(24)23-30(26,27)17-7-5-16(6-8-17)22-21(25)14-15-4-9-18-19(13-15)29-12-11-28-18/h4-9,13H,2-3,10-12,14H2,1H3,(H,22,25)/b23-20-. The zero-order chi connectivity index (χ0) is 21.1. The molecule has 0 aromatic heterocycles. The van der Waals surface area contributed by atoms with E-state index >= 15 is 0 Å². The van der Waals surface area contributed by atoms with Gasteiger partial charge in [-0.1, -0.05) is 6.07 Å². The largest absolute Gasteiger partial charge is 0.486 e. The lowest BCUT2D eigenvalue weighted by Gasteiger charge is -2.18. The molecule has 1 amide bonds. The van der Waals surface area contributed by atoms with Crippen LogP contribution in [0.4, 0.5) is 5.69 Å². The molecular weight excluding hydrogens is 406 g/mol. The second-order valence-electron chi connectivity index (χ2n) is 7.24. The highest BCUT2D eigenvalue weighted by Crippen LogP contribution is 2.31. The summed E-state index contributed by atoms with van der Waals surface area (Å²) < 4.78 is 40.0. The number of ether oxygens (including phenoxy) is 2. The van der Waals surface area contributed by atoms with Gasteiger partial charge in [0.15, 0.2) is 11.5 Å². The van der Waals surface area contributed by atoms with Gasteiger partial charge in [0, 0.05) is 25.7 Å². The van der Waals surface area contributed by atoms with Crippen LogP contribution in [0, 0.1) is 0 Å². The van der Waals surface area contributed by atoms with Crippen molar-refractivity contribution in [3.8, 4) is 11.5 Å². The lowest BCUT2D eigenvalue weighted by Crippen LogP contribution is -2.20. The van der Waals surface area contributed by atoms with Gasteiger partial charge >= 0.3 is 0 Å². The maximum absolute atomic E-state index is 12.5. The van der Waals surface area contributed by atoms with Crippen LogP contribution in [-0.4, -0.2) is 51.9 Å². The predicted molar refractivity (Wildman–Crippen MR) is 113 cm³/mol. The molecule has 0 spiro atoms. The quantitative estimate of drug-likeness (QED) is 0.784. The van der Waals surface area contributed by atoms with Crippen LogP contribution in [0.1, 0.15) is 18.4 Å². The molecule has 2 aromatic carbocycles. The normalized spacial score (nSPS) is 17.2. The van der Waals surface area contributed by atoms with Crippen LogP contribution >= 0.6 is 0 Å². The first-order valence-corrected chi connectivity index (χ1v) is 11.2. The Hall–Kier alpha value is -3.07. The van der Waals surface area contributed by atoms with Crippen LogP contribution in [-0.2, 0) is 21.2 Å². The van der Waals surface area contributed by atoms with Crippen molar-refractivity contribution >= 4 is 27.5 Å². The summed E-state index contributed by atoms with van der Waals surface area (Å²) in [5.74, 6) is 1.67. The Balaban J connectivity index is 1.40. The molecule has 1 N–H and O–H groups in total. The van der Waals surface area contributed by atoms with E-state index in [2.05, 4.69) is 9.71 Å². The number of anilines is 1. The number of fused-ring (bicyclic) bond motifs is 1. The summed E-state index contributed by atoms with van der Waals surface area (Å²) in [4.78, 5) is 14.3. The van der Waals surface area contributed by atoms with Crippen LogP contribution < -0.4 is 14.8 Å². The van der Waals surface area contributed by atoms with E-state index in [0.717, 1.165) is 18.5 Å². The molecule has 9 heteroatoms. The summed E-state index contributed by atoms with van der Waals surface area (Å²) >= 11 is 0. The molecule has 0 saturated carbocycles. The summed E-state index contributed by atoms with van der Waals surface area (Å²) in [6.07, 6.45) is 1.72. The lowest BCUT2D eigenvalue weighted by molar-refractivity contribution is -0.115. The van der Waals surface area contributed by atoms with Gasteiger partial charge in [-0.15, -0.1) is 4.40 Å². The molecule has 0 atom stereocenters. The summed E-state index contributed by atoms with van der Waals surface area (Å²) in [5.41, 5.74) is 1.31. The second kappa shape index (κ2) is 8.35. The highest BCUT2D eigenvalue weighted by molar-refractivity contribution is 7.90. The molecule has 0 unspecified atom stereocenters. The second-order valence-corrected chi connectivity index (χ2v) is 8.84. The Kier molecular flexibility index (Phi) is 5.63. The number of nitrogens with zero attached hydrogens (tertiary/aromatic N) is 2. The van der Waals surface area contributed by atoms with Crippen LogP contribution in [0.2, 0.25) is 0 Å². The number of amides is 1. The van der Waals surface area contributed by atoms with Gasteiger partial charge in [0.25, 0.3) is 10.0 Å². The maximum atomic E-state index is 12.5. The first kappa shape index (κ1) is 20.2. The van der Waals surface area contributed by atoms with Crippen molar-refractivity contribution in [1.82, 2.24) is 4.90 Å². The lowest BCUT2D eigenvalue weighted by atomic mass is 10.1. The predicted octanol–water partition coefficient (Wildman–Crippen LogP) is 2.45. The molecule has 30 heavy (non-hydrogen) atoms. The van der Waals surface area contributed by atoms with E-state index < -0.39 is 10.0 Å². The fraction of sp³-hybridized carbons (Fsp3) is 0.333. The highest BCUT2D eigenvalue weighted by atomic mass is 32.2. The number of amidine groups is 1. The van der Waals surface area contributed by atoms with Gasteiger partial charge in [-0.25, -0.2) is 0 Å². The number of carbonyl (C=O) groups is 1. The Labute approximate surface area is 175 Å². The Morgan fingerprint density at radius 3 is 2.53 bits per heavy atom. The fourth-order valence-electron chi connectivity index (χ4n) is 3.40. The van der Waals surface area contributed by atoms with Gasteiger partial charge in [0.05, 0.1) is 11.3 Å². The number of likely N-dealkylation sites (tertiary alicyclic amines) is 1. The SMILES string of the molecule is CN1CCC/C1=N/S(=O)(=O)c1ccc(NC(=O)Cc2ccc3c(c2)OCCO3)cc1. The topological polar surface area (TPSA) is 97.3 Å². The van der Waals surface area contributed by atoms with E-state index in [1.165, 1.54) is 12.1 Å². The van der Waals surface area contributed by atoms with Gasteiger partial charge in [-0.2, -0.15) is 8.42 Å². The molecule has 2 aromatic rings. The summed E-state index contributed by atoms with van der Waals surface area (Å²) in [5, 5.41) is 2.78. The minimum absolute atomic E-state index is 0.0973. The minimum atomic E-state index is -3.77. The molecule has 158 valence electrons. The summed E-state index contributed by atoms with van der Waals surface area (Å²) in [7, 11) is -1.94. The number of hydrogen-bond donors (Lipinski definition) is 1. The molecule has 0 aliphatic carbocycles. The molecule has 0 bridgehead atoms. The molecule has 2 heterocycles. The van der Waals surface area contributed by atoms with Gasteiger partial charge < -0.3 is 19.7 Å². The zero-order valence-electron chi connectivity index (χ0n) is 16.6. The molecule has 2 aliphatic rings. The molecule has 4 rings (SSSR count). The molecule has 1 fully saturated rings. The summed E-state index contributed by atoms with van der Waals surface area (Å²) in [6.45, 7) is 1.81. The van der Waals surface area contributed by atoms with Gasteiger partial charge in [-0.3, -0.25) is 4.79 Å². The van der Waals surface area contributed by atoms with Crippen LogP contribution in [0.3, 0.4) is 0 Å². The third kappa shape index (κ3) is 4.56. The van der Waals surface area contributed by atoms with E-state index in [4.69, 9.17) is 9.47 Å². The third-order valence-electron chi connectivity index (χ3n) is 4.97. The maximum Gasteiger partial charge on any atom is 0.283 e. The van der Waals surface area contributed by atoms with Crippen LogP contribution in [0.5, 0.6) is 11.5 Å². The van der Waals surface area contributed by atoms with Gasteiger partial charge in [-0.05, 0) is 48.4 Å². The van der Waals surface area contributed by atoms with Crippen LogP contribution in [0.15, 0.2) is 51.8 Å². The van der Waals surface area contributed by atoms with Crippen molar-refractivity contribution in [2.24, 2.45) is 4.40 Å². The van der Waals surface area contributed by atoms with Crippen LogP contribution in [0.25, 0.3) is 0 Å². The van der Waals surface area contributed by atoms with Crippen molar-refractivity contribution in [3.63, 3.8) is 0 Å². The van der Waals surface area contributed by atoms with Crippen molar-refractivity contribution in [3.05, 3.63) is 48.0 Å². The van der Waals surface area contributed by atoms with E-state index in [0.29, 0.717) is 42.7 Å². The average Bonchev–Trinajstić information content (AvgIpc) is 3.12. The number of rotatable bonds is 5. The number of sulfonamides is 1. The van der Waals surface area contributed by atoms with E-state index in [1.54, 1.807) is 24.3 Å². The number of carbonyl (C=O) groups excluding carboxylic acids is 1. The smallest absolute Gasteiger partial charge is 0.283 e. The van der Waals surface area contributed by atoms with Crippen molar-refractivity contribution in [1.29, 1.82) is 0 Å². The monoisotopic (exact) mass is 429 g/mol. The van der Waals surface area contributed by atoms with Gasteiger partial charge in [0.1, 0.15) is 19.0 Å². The molecule has 0 radical (unpaired) electrons. The van der Waals surface area contributed by atoms with E-state index in [1.807, 2.05) is 18.0 Å². The first-order chi connectivity index (χ1) is 14.4. The minimum Gasteiger partial charge on any atom is -0.486 e. The summed E-state index contributed by atoms with van der Waals surface area (Å²) in [6, 6.07) is 11.4. The molecule has 2 aliphatic heterocycles. The average molecular weight is 429 g/mol. The number of benzene rings is 2. The van der Waals surface area contributed by atoms with Crippen molar-refractivity contribution < 1.29 is 22.7 Å². The molecule has 8 nitrogen and oxygen atoms in total. The van der Waals surface area contributed by atoms with E-state index in [9.17, 15) is 13.2 Å². The highest BCUT2D eigenvalue weighted by Gasteiger charge is 2.20. The number of nitrogens with one attached hydrogen (secondary N) is 1. The Morgan fingerprint density at radius 2 is 1.83 bits per heavy atom. The molecular formula is C21H23N3O5S. The number of hydrogen-bond acceptors (Lipinski definition) is 5.